The maximum atomic E-state index is 14.3. The lowest BCUT2D eigenvalue weighted by atomic mass is 10.0. The number of pyridine rings is 2. The van der Waals surface area contributed by atoms with Gasteiger partial charge in [0, 0.05) is 41.5 Å². The lowest BCUT2D eigenvalue weighted by molar-refractivity contribution is 0.579. The summed E-state index contributed by atoms with van der Waals surface area (Å²) in [5.74, 6) is -0.0460. The third-order valence-corrected chi connectivity index (χ3v) is 5.45. The minimum absolute atomic E-state index is 0.272. The highest BCUT2D eigenvalue weighted by Crippen LogP contribution is 2.33. The lowest BCUT2D eigenvalue weighted by Gasteiger charge is -2.14. The van der Waals surface area contributed by atoms with E-state index < -0.39 is 0 Å². The molecule has 0 amide bonds. The summed E-state index contributed by atoms with van der Waals surface area (Å²) >= 11 is 0. The number of aromatic nitrogens is 6. The van der Waals surface area contributed by atoms with Crippen LogP contribution in [0.5, 0.6) is 0 Å². The normalized spacial score (nSPS) is 11.9. The van der Waals surface area contributed by atoms with E-state index in [0.717, 1.165) is 5.56 Å². The van der Waals surface area contributed by atoms with Crippen LogP contribution in [-0.2, 0) is 0 Å². The zero-order valence-corrected chi connectivity index (χ0v) is 17.5. The highest BCUT2D eigenvalue weighted by molar-refractivity contribution is 5.98. The monoisotopic (exact) mass is 436 g/mol. The molecule has 160 valence electrons. The fraction of sp³-hybridized carbons (Fsp3) is 0.0833. The van der Waals surface area contributed by atoms with Gasteiger partial charge in [-0.2, -0.15) is 10.4 Å². The Morgan fingerprint density at radius 1 is 1.03 bits per heavy atom. The molecule has 4 heterocycles. The molecule has 9 heteroatoms. The molecular weight excluding hydrogens is 419 g/mol. The quantitative estimate of drug-likeness (QED) is 0.449. The predicted octanol–water partition coefficient (Wildman–Crippen LogP) is 4.15. The first kappa shape index (κ1) is 20.2. The molecule has 5 rings (SSSR count). The van der Waals surface area contributed by atoms with Gasteiger partial charge in [-0.05, 0) is 30.7 Å². The molecule has 0 aliphatic rings. The van der Waals surface area contributed by atoms with E-state index in [4.69, 9.17) is 10.8 Å². The molecule has 0 spiro atoms. The maximum Gasteiger partial charge on any atom is 0.164 e. The zero-order chi connectivity index (χ0) is 22.9. The largest absolute Gasteiger partial charge is 0.383 e. The molecule has 0 fully saturated rings. The Bertz CT molecular complexity index is 1540. The van der Waals surface area contributed by atoms with Gasteiger partial charge in [-0.15, -0.1) is 0 Å². The number of halogens is 1. The number of rotatable bonds is 4. The summed E-state index contributed by atoms with van der Waals surface area (Å²) in [5, 5.41) is 14.6. The molecule has 4 aromatic heterocycles. The first-order chi connectivity index (χ1) is 16.1. The third-order valence-electron chi connectivity index (χ3n) is 5.45. The summed E-state index contributed by atoms with van der Waals surface area (Å²) in [6, 6.07) is 11.9. The molecule has 0 bridgehead atoms. The van der Waals surface area contributed by atoms with Gasteiger partial charge in [0.2, 0.25) is 0 Å². The Hall–Kier alpha value is -4.71. The van der Waals surface area contributed by atoms with Crippen LogP contribution in [0.2, 0.25) is 0 Å². The van der Waals surface area contributed by atoms with E-state index in [0.29, 0.717) is 39.0 Å². The summed E-state index contributed by atoms with van der Waals surface area (Å²) in [6.45, 7) is 1.95. The lowest BCUT2D eigenvalue weighted by Crippen LogP contribution is -2.10. The molecule has 0 aliphatic heterocycles. The van der Waals surface area contributed by atoms with E-state index in [1.165, 1.54) is 18.6 Å². The Kier molecular flexibility index (Phi) is 4.95. The van der Waals surface area contributed by atoms with Crippen molar-refractivity contribution in [2.45, 2.75) is 13.0 Å². The molecule has 0 saturated carbocycles. The van der Waals surface area contributed by atoms with Crippen molar-refractivity contribution in [3.8, 4) is 28.5 Å². The van der Waals surface area contributed by atoms with Crippen LogP contribution in [0.25, 0.3) is 33.4 Å². The fourth-order valence-electron chi connectivity index (χ4n) is 3.77. The molecule has 1 aromatic carbocycles. The molecule has 0 saturated heterocycles. The second-order valence-corrected chi connectivity index (χ2v) is 7.49. The van der Waals surface area contributed by atoms with Crippen LogP contribution in [0.3, 0.4) is 0 Å². The number of nitriles is 1. The van der Waals surface area contributed by atoms with Gasteiger partial charge < -0.3 is 5.73 Å². The van der Waals surface area contributed by atoms with Crippen LogP contribution in [0.4, 0.5) is 10.2 Å². The Labute approximate surface area is 188 Å². The fourth-order valence-corrected chi connectivity index (χ4v) is 3.77. The average Bonchev–Trinajstić information content (AvgIpc) is 3.25. The molecule has 8 nitrogen and oxygen atoms in total. The van der Waals surface area contributed by atoms with Crippen LogP contribution in [-0.4, -0.2) is 29.7 Å². The number of benzene rings is 1. The van der Waals surface area contributed by atoms with Gasteiger partial charge in [-0.3, -0.25) is 9.97 Å². The van der Waals surface area contributed by atoms with Crippen LogP contribution >= 0.6 is 0 Å². The first-order valence-corrected chi connectivity index (χ1v) is 10.1. The highest BCUT2D eigenvalue weighted by Gasteiger charge is 2.22. The second kappa shape index (κ2) is 8.09. The van der Waals surface area contributed by atoms with E-state index >= 15 is 0 Å². The van der Waals surface area contributed by atoms with Gasteiger partial charge in [-0.25, -0.2) is 19.0 Å². The van der Waals surface area contributed by atoms with Gasteiger partial charge >= 0.3 is 0 Å². The molecule has 33 heavy (non-hydrogen) atoms. The van der Waals surface area contributed by atoms with Crippen molar-refractivity contribution in [2.24, 2.45) is 0 Å². The van der Waals surface area contributed by atoms with Crippen molar-refractivity contribution in [3.63, 3.8) is 0 Å². The zero-order valence-electron chi connectivity index (χ0n) is 17.5. The number of nitrogens with zero attached hydrogens (tertiary/aromatic N) is 7. The predicted molar refractivity (Wildman–Crippen MR) is 121 cm³/mol. The Morgan fingerprint density at radius 3 is 2.64 bits per heavy atom. The molecule has 0 radical (unpaired) electrons. The molecule has 5 aromatic rings. The van der Waals surface area contributed by atoms with Gasteiger partial charge in [0.25, 0.3) is 0 Å². The number of fused-ring (bicyclic) bond motifs is 1. The van der Waals surface area contributed by atoms with Crippen molar-refractivity contribution in [1.29, 1.82) is 5.26 Å². The average molecular weight is 436 g/mol. The first-order valence-electron chi connectivity index (χ1n) is 10.1. The Balaban J connectivity index is 1.66. The SMILES string of the molecule is CC(c1cncc(-c2ccccc2F)c1)n1nc(-c2cncc(C#N)c2)c2c(N)ncnc21. The minimum atomic E-state index is -0.318. The van der Waals surface area contributed by atoms with Crippen molar-refractivity contribution < 1.29 is 4.39 Å². The standard InChI is InChI=1S/C24H17FN8/c1-14(16-7-17(11-29-10-16)19-4-2-3-5-20(19)25)33-24-21(23(27)30-13-31-24)22(32-33)18-6-15(8-26)9-28-12-18/h2-7,9-14H,1H3,(H2,27,30,31). The third kappa shape index (κ3) is 3.53. The molecule has 2 N–H and O–H groups in total. The van der Waals surface area contributed by atoms with Crippen molar-refractivity contribution >= 4 is 16.9 Å². The van der Waals surface area contributed by atoms with Gasteiger partial charge in [0.05, 0.1) is 17.0 Å². The van der Waals surface area contributed by atoms with Gasteiger partial charge in [-0.1, -0.05) is 18.2 Å². The van der Waals surface area contributed by atoms with Gasteiger partial charge in [0.1, 0.15) is 29.7 Å². The van der Waals surface area contributed by atoms with E-state index in [1.807, 2.05) is 13.0 Å². The van der Waals surface area contributed by atoms with Crippen LogP contribution in [0.15, 0.2) is 67.5 Å². The van der Waals surface area contributed by atoms with E-state index in [1.54, 1.807) is 47.5 Å². The molecule has 1 atom stereocenters. The number of hydrogen-bond acceptors (Lipinski definition) is 7. The minimum Gasteiger partial charge on any atom is -0.383 e. The molecule has 1 unspecified atom stereocenters. The summed E-state index contributed by atoms with van der Waals surface area (Å²) in [6.07, 6.45) is 7.81. The summed E-state index contributed by atoms with van der Waals surface area (Å²) < 4.78 is 16.1. The van der Waals surface area contributed by atoms with E-state index in [-0.39, 0.29) is 17.7 Å². The highest BCUT2D eigenvalue weighted by atomic mass is 19.1. The summed E-state index contributed by atoms with van der Waals surface area (Å²) in [4.78, 5) is 17.0. The van der Waals surface area contributed by atoms with Crippen molar-refractivity contribution in [2.75, 3.05) is 5.73 Å². The van der Waals surface area contributed by atoms with E-state index in [2.05, 4.69) is 26.0 Å². The van der Waals surface area contributed by atoms with Crippen LogP contribution < -0.4 is 5.73 Å². The maximum absolute atomic E-state index is 14.3. The number of nitrogen functional groups attached to an aromatic ring is 1. The topological polar surface area (TPSA) is 119 Å². The van der Waals surface area contributed by atoms with Crippen molar-refractivity contribution in [3.05, 3.63) is 84.5 Å². The van der Waals surface area contributed by atoms with E-state index in [9.17, 15) is 9.65 Å². The van der Waals surface area contributed by atoms with Crippen LogP contribution in [0, 0.1) is 17.1 Å². The van der Waals surface area contributed by atoms with Gasteiger partial charge in [0.15, 0.2) is 5.65 Å². The molecular formula is C24H17FN8. The molecule has 0 aliphatic carbocycles. The number of anilines is 1. The smallest absolute Gasteiger partial charge is 0.164 e. The number of nitrogens with two attached hydrogens (primary N) is 1. The Morgan fingerprint density at radius 2 is 1.82 bits per heavy atom. The summed E-state index contributed by atoms with van der Waals surface area (Å²) in [7, 11) is 0. The summed E-state index contributed by atoms with van der Waals surface area (Å²) in [5.41, 5.74) is 10.2. The van der Waals surface area contributed by atoms with Crippen molar-refractivity contribution in [1.82, 2.24) is 29.7 Å². The number of hydrogen-bond donors (Lipinski definition) is 1. The van der Waals surface area contributed by atoms with Crippen LogP contribution in [0.1, 0.15) is 24.1 Å². The second-order valence-electron chi connectivity index (χ2n) is 7.49.